The normalized spacial score (nSPS) is 15.0. The molecule has 1 aliphatic heterocycles. The van der Waals surface area contributed by atoms with Gasteiger partial charge >= 0.3 is 12.0 Å². The molecule has 0 atom stereocenters. The summed E-state index contributed by atoms with van der Waals surface area (Å²) in [6.45, 7) is 6.40. The van der Waals surface area contributed by atoms with Crippen LogP contribution in [0.3, 0.4) is 0 Å². The van der Waals surface area contributed by atoms with Crippen molar-refractivity contribution in [3.63, 3.8) is 0 Å². The monoisotopic (exact) mass is 576 g/mol. The topological polar surface area (TPSA) is 113 Å². The molecular formula is C29H25BrN2O6. The minimum Gasteiger partial charge on any atom is -0.488 e. The van der Waals surface area contributed by atoms with Gasteiger partial charge < -0.3 is 9.84 Å². The average Bonchev–Trinajstić information content (AvgIpc) is 2.86. The summed E-state index contributed by atoms with van der Waals surface area (Å²) in [6.07, 6.45) is 1.42. The molecule has 0 unspecified atom stereocenters. The number of nitrogens with zero attached hydrogens (tertiary/aromatic N) is 1. The third-order valence-corrected chi connectivity index (χ3v) is 6.58. The smallest absolute Gasteiger partial charge is 0.335 e. The van der Waals surface area contributed by atoms with E-state index in [1.807, 2.05) is 12.1 Å². The van der Waals surface area contributed by atoms with Gasteiger partial charge in [-0.1, -0.05) is 51.1 Å². The fourth-order valence-electron chi connectivity index (χ4n) is 3.80. The van der Waals surface area contributed by atoms with Gasteiger partial charge in [-0.25, -0.2) is 14.5 Å². The Kier molecular flexibility index (Phi) is 7.50. The predicted molar refractivity (Wildman–Crippen MR) is 146 cm³/mol. The number of amides is 4. The molecule has 8 nitrogen and oxygen atoms in total. The molecule has 0 spiro atoms. The Balaban J connectivity index is 1.52. The Bertz CT molecular complexity index is 1450. The first-order valence-corrected chi connectivity index (χ1v) is 12.5. The van der Waals surface area contributed by atoms with Gasteiger partial charge in [-0.2, -0.15) is 0 Å². The van der Waals surface area contributed by atoms with Crippen LogP contribution in [-0.4, -0.2) is 28.9 Å². The highest BCUT2D eigenvalue weighted by Crippen LogP contribution is 2.30. The largest absolute Gasteiger partial charge is 0.488 e. The number of barbiturate groups is 1. The van der Waals surface area contributed by atoms with Crippen LogP contribution in [0.25, 0.3) is 6.08 Å². The number of hydrogen-bond donors (Lipinski definition) is 2. The summed E-state index contributed by atoms with van der Waals surface area (Å²) < 4.78 is 6.41. The Labute approximate surface area is 228 Å². The van der Waals surface area contributed by atoms with Crippen LogP contribution in [0, 0.1) is 0 Å². The molecule has 194 valence electrons. The maximum absolute atomic E-state index is 13.2. The number of hydrogen-bond acceptors (Lipinski definition) is 5. The second kappa shape index (κ2) is 10.6. The van der Waals surface area contributed by atoms with Crippen LogP contribution in [0.1, 0.15) is 47.8 Å². The second-order valence-electron chi connectivity index (χ2n) is 9.74. The molecule has 0 aromatic heterocycles. The maximum atomic E-state index is 13.2. The van der Waals surface area contributed by atoms with Gasteiger partial charge in [0.15, 0.2) is 0 Å². The highest BCUT2D eigenvalue weighted by molar-refractivity contribution is 9.10. The summed E-state index contributed by atoms with van der Waals surface area (Å²) in [5.74, 6) is -1.97. The summed E-state index contributed by atoms with van der Waals surface area (Å²) >= 11 is 3.45. The quantitative estimate of drug-likeness (QED) is 0.288. The minimum absolute atomic E-state index is 0.0953. The first-order valence-electron chi connectivity index (χ1n) is 11.7. The van der Waals surface area contributed by atoms with E-state index in [1.165, 1.54) is 18.2 Å². The van der Waals surface area contributed by atoms with E-state index in [0.29, 0.717) is 21.5 Å². The van der Waals surface area contributed by atoms with E-state index in [9.17, 15) is 19.2 Å². The van der Waals surface area contributed by atoms with Crippen molar-refractivity contribution >= 4 is 51.5 Å². The Morgan fingerprint density at radius 3 is 2.24 bits per heavy atom. The van der Waals surface area contributed by atoms with Crippen LogP contribution < -0.4 is 15.0 Å². The zero-order chi connectivity index (χ0) is 27.6. The van der Waals surface area contributed by atoms with Gasteiger partial charge in [0, 0.05) is 0 Å². The van der Waals surface area contributed by atoms with Crippen molar-refractivity contribution in [1.82, 2.24) is 5.32 Å². The van der Waals surface area contributed by atoms with E-state index in [-0.39, 0.29) is 23.2 Å². The number of imide groups is 2. The lowest BCUT2D eigenvalue weighted by molar-refractivity contribution is -0.122. The Morgan fingerprint density at radius 2 is 1.66 bits per heavy atom. The number of carbonyl (C=O) groups excluding carboxylic acids is 3. The molecule has 0 bridgehead atoms. The number of carboxylic acid groups (broad SMARTS) is 1. The molecule has 3 aromatic carbocycles. The molecule has 9 heteroatoms. The summed E-state index contributed by atoms with van der Waals surface area (Å²) in [5, 5.41) is 11.2. The van der Waals surface area contributed by atoms with E-state index in [2.05, 4.69) is 42.0 Å². The van der Waals surface area contributed by atoms with Crippen molar-refractivity contribution in [3.8, 4) is 5.75 Å². The van der Waals surface area contributed by atoms with Crippen LogP contribution in [0.5, 0.6) is 5.75 Å². The minimum atomic E-state index is -0.999. The van der Waals surface area contributed by atoms with Crippen molar-refractivity contribution in [2.75, 3.05) is 4.90 Å². The zero-order valence-corrected chi connectivity index (χ0v) is 22.5. The zero-order valence-electron chi connectivity index (χ0n) is 20.9. The van der Waals surface area contributed by atoms with Gasteiger partial charge in [0.1, 0.15) is 17.9 Å². The average molecular weight is 577 g/mol. The maximum Gasteiger partial charge on any atom is 0.335 e. The fraction of sp³-hybridized carbons (Fsp3) is 0.172. The van der Waals surface area contributed by atoms with Gasteiger partial charge in [0.2, 0.25) is 0 Å². The van der Waals surface area contributed by atoms with Gasteiger partial charge in [-0.3, -0.25) is 14.9 Å². The predicted octanol–water partition coefficient (Wildman–Crippen LogP) is 5.69. The number of halogens is 1. The SMILES string of the molecule is CC(C)(C)c1ccc(N2C(=O)NC(=O)C(=Cc3ccc(OCc4ccc(C(=O)O)cc4)c(Br)c3)C2=O)cc1. The lowest BCUT2D eigenvalue weighted by Crippen LogP contribution is -2.54. The number of carbonyl (C=O) groups is 4. The first-order chi connectivity index (χ1) is 17.9. The molecule has 1 fully saturated rings. The van der Waals surface area contributed by atoms with Gasteiger partial charge in [-0.15, -0.1) is 0 Å². The summed E-state index contributed by atoms with van der Waals surface area (Å²) in [4.78, 5) is 50.2. The lowest BCUT2D eigenvalue weighted by atomic mass is 9.87. The number of anilines is 1. The molecule has 4 rings (SSSR count). The molecule has 1 saturated heterocycles. The van der Waals surface area contributed by atoms with E-state index in [4.69, 9.17) is 9.84 Å². The van der Waals surface area contributed by atoms with Crippen LogP contribution in [-0.2, 0) is 21.6 Å². The number of nitrogens with one attached hydrogen (secondary N) is 1. The van der Waals surface area contributed by atoms with Gasteiger partial charge in [-0.05, 0) is 80.5 Å². The molecule has 3 aromatic rings. The van der Waals surface area contributed by atoms with Crippen LogP contribution in [0.4, 0.5) is 10.5 Å². The summed E-state index contributed by atoms with van der Waals surface area (Å²) in [7, 11) is 0. The highest BCUT2D eigenvalue weighted by Gasteiger charge is 2.37. The molecule has 1 heterocycles. The number of carboxylic acids is 1. The van der Waals surface area contributed by atoms with Gasteiger partial charge in [0.05, 0.1) is 15.7 Å². The number of rotatable bonds is 6. The molecule has 2 N–H and O–H groups in total. The Hall–Kier alpha value is -4.24. The number of ether oxygens (including phenoxy) is 1. The highest BCUT2D eigenvalue weighted by atomic mass is 79.9. The first kappa shape index (κ1) is 26.8. The van der Waals surface area contributed by atoms with Crippen LogP contribution in [0.15, 0.2) is 76.8 Å². The standard InChI is InChI=1S/C29H25BrN2O6/c1-29(2,3)20-9-11-21(12-10-20)32-26(34)22(25(33)31-28(32)37)14-18-6-13-24(23(30)15-18)38-16-17-4-7-19(8-5-17)27(35)36/h4-15H,16H2,1-3H3,(H,35,36)(H,31,33,37). The lowest BCUT2D eigenvalue weighted by Gasteiger charge is -2.27. The number of benzene rings is 3. The van der Waals surface area contributed by atoms with Crippen molar-refractivity contribution in [2.45, 2.75) is 32.8 Å². The third kappa shape index (κ3) is 5.84. The molecule has 0 radical (unpaired) electrons. The van der Waals surface area contributed by atoms with Crippen molar-refractivity contribution in [2.24, 2.45) is 0 Å². The molecule has 4 amide bonds. The van der Waals surface area contributed by atoms with Gasteiger partial charge in [0.25, 0.3) is 11.8 Å². The Morgan fingerprint density at radius 1 is 1.00 bits per heavy atom. The van der Waals surface area contributed by atoms with E-state index in [1.54, 1.807) is 42.5 Å². The van der Waals surface area contributed by atoms with E-state index < -0.39 is 23.8 Å². The van der Waals surface area contributed by atoms with E-state index in [0.717, 1.165) is 16.0 Å². The fourth-order valence-corrected chi connectivity index (χ4v) is 4.31. The summed E-state index contributed by atoms with van der Waals surface area (Å²) in [5.41, 5.74) is 2.66. The molecule has 38 heavy (non-hydrogen) atoms. The third-order valence-electron chi connectivity index (χ3n) is 5.96. The van der Waals surface area contributed by atoms with Crippen molar-refractivity contribution in [3.05, 3.63) is 99.0 Å². The summed E-state index contributed by atoms with van der Waals surface area (Å²) in [6, 6.07) is 17.7. The molecule has 1 aliphatic rings. The number of aromatic carboxylic acids is 1. The van der Waals surface area contributed by atoms with Crippen LogP contribution in [0.2, 0.25) is 0 Å². The second-order valence-corrected chi connectivity index (χ2v) is 10.6. The number of urea groups is 1. The molecule has 0 saturated carbocycles. The van der Waals surface area contributed by atoms with Crippen LogP contribution >= 0.6 is 15.9 Å². The van der Waals surface area contributed by atoms with E-state index >= 15 is 0 Å². The molecular weight excluding hydrogens is 552 g/mol. The van der Waals surface area contributed by atoms with Crippen molar-refractivity contribution < 1.29 is 29.0 Å². The molecule has 0 aliphatic carbocycles. The van der Waals surface area contributed by atoms with Crippen molar-refractivity contribution in [1.29, 1.82) is 0 Å².